The number of nitrogens with two attached hydrogens (primary N) is 1. The van der Waals surface area contributed by atoms with Gasteiger partial charge in [-0.05, 0) is 82.7 Å². The van der Waals surface area contributed by atoms with E-state index < -0.39 is 22.9 Å². The molecule has 1 amide bonds. The van der Waals surface area contributed by atoms with Crippen LogP contribution in [0.15, 0.2) is 54.6 Å². The first-order valence-corrected chi connectivity index (χ1v) is 14.3. The lowest BCUT2D eigenvalue weighted by Gasteiger charge is -2.42. The van der Waals surface area contributed by atoms with E-state index in [0.717, 1.165) is 49.9 Å². The van der Waals surface area contributed by atoms with Crippen molar-refractivity contribution in [3.8, 4) is 0 Å². The Kier molecular flexibility index (Phi) is 9.23. The maximum atomic E-state index is 14.7. The highest BCUT2D eigenvalue weighted by molar-refractivity contribution is 5.95. The summed E-state index contributed by atoms with van der Waals surface area (Å²) in [5.41, 5.74) is 8.04. The minimum absolute atomic E-state index is 0.00643. The fourth-order valence-electron chi connectivity index (χ4n) is 6.56. The van der Waals surface area contributed by atoms with Crippen molar-refractivity contribution >= 4 is 17.7 Å². The normalized spacial score (nSPS) is 20.7. The van der Waals surface area contributed by atoms with E-state index in [2.05, 4.69) is 34.9 Å². The summed E-state index contributed by atoms with van der Waals surface area (Å²) >= 11 is 0. The van der Waals surface area contributed by atoms with E-state index in [1.165, 1.54) is 5.56 Å². The van der Waals surface area contributed by atoms with E-state index in [-0.39, 0.29) is 30.0 Å². The molecule has 7 nitrogen and oxygen atoms in total. The van der Waals surface area contributed by atoms with Gasteiger partial charge in [-0.3, -0.25) is 14.4 Å². The predicted octanol–water partition coefficient (Wildman–Crippen LogP) is 3.79. The van der Waals surface area contributed by atoms with Crippen LogP contribution in [0.2, 0.25) is 0 Å². The molecule has 0 saturated carbocycles. The number of ether oxygens (including phenoxy) is 1. The molecular weight excluding hydrogens is 490 g/mol. The van der Waals surface area contributed by atoms with Crippen LogP contribution in [0.25, 0.3) is 0 Å². The second-order valence-corrected chi connectivity index (χ2v) is 11.6. The Balaban J connectivity index is 1.70. The maximum absolute atomic E-state index is 14.7. The van der Waals surface area contributed by atoms with Crippen molar-refractivity contribution in [1.29, 1.82) is 0 Å². The average Bonchev–Trinajstić information content (AvgIpc) is 3.16. The maximum Gasteiger partial charge on any atom is 0.306 e. The number of hydrogen-bond acceptors (Lipinski definition) is 6. The number of fused-ring (bicyclic) bond motifs is 2. The van der Waals surface area contributed by atoms with Crippen LogP contribution in [-0.4, -0.2) is 48.9 Å². The highest BCUT2D eigenvalue weighted by Gasteiger charge is 2.56. The van der Waals surface area contributed by atoms with E-state index in [0.29, 0.717) is 13.0 Å². The fourth-order valence-corrected chi connectivity index (χ4v) is 6.56. The molecule has 210 valence electrons. The molecule has 2 aromatic carbocycles. The number of carbonyl (C=O) groups excluding carboxylic acids is 3. The molecule has 2 aliphatic rings. The van der Waals surface area contributed by atoms with Crippen molar-refractivity contribution in [1.82, 2.24) is 10.6 Å². The first-order valence-electron chi connectivity index (χ1n) is 14.3. The van der Waals surface area contributed by atoms with Crippen LogP contribution in [0, 0.1) is 5.92 Å². The quantitative estimate of drug-likeness (QED) is 0.379. The van der Waals surface area contributed by atoms with Crippen LogP contribution in [0.4, 0.5) is 0 Å². The van der Waals surface area contributed by atoms with Gasteiger partial charge in [0.05, 0.1) is 24.6 Å². The van der Waals surface area contributed by atoms with Crippen molar-refractivity contribution in [2.45, 2.75) is 82.2 Å². The Bertz CT molecular complexity index is 1150. The molecule has 0 radical (unpaired) electrons. The van der Waals surface area contributed by atoms with E-state index in [1.807, 2.05) is 30.3 Å². The van der Waals surface area contributed by atoms with Gasteiger partial charge in [-0.1, -0.05) is 54.6 Å². The number of aryl methyl sites for hydroxylation is 1. The summed E-state index contributed by atoms with van der Waals surface area (Å²) < 4.78 is 5.36. The second-order valence-electron chi connectivity index (χ2n) is 11.6. The molecule has 0 aromatic heterocycles. The van der Waals surface area contributed by atoms with Crippen molar-refractivity contribution in [2.24, 2.45) is 11.7 Å². The zero-order chi connectivity index (χ0) is 28.0. The standard InChI is InChI=1S/C32H43N3O4/c1-4-39-27(36)21-24-23-14-8-9-15-25(23)32(17-19-34-20-18-32)28(24)29(37)26(35-30(38)31(2,3)33)16-10-13-22-11-6-5-7-12-22/h5-9,11-12,14-15,24,26,28,34H,4,10,13,16-21,33H2,1-3H3,(H,35,38)/t24-,26-,28+/m1/s1. The summed E-state index contributed by atoms with van der Waals surface area (Å²) in [6.07, 6.45) is 3.78. The molecule has 4 rings (SSSR count). The summed E-state index contributed by atoms with van der Waals surface area (Å²) in [7, 11) is 0. The minimum atomic E-state index is -1.12. The highest BCUT2D eigenvalue weighted by atomic mass is 16.5. The molecule has 2 aromatic rings. The summed E-state index contributed by atoms with van der Waals surface area (Å²) in [4.78, 5) is 40.6. The van der Waals surface area contributed by atoms with Gasteiger partial charge in [0.15, 0.2) is 5.78 Å². The van der Waals surface area contributed by atoms with Crippen molar-refractivity contribution in [3.63, 3.8) is 0 Å². The number of ketones is 1. The third-order valence-corrected chi connectivity index (χ3v) is 8.42. The molecule has 0 bridgehead atoms. The number of esters is 1. The molecule has 1 spiro atoms. The zero-order valence-corrected chi connectivity index (χ0v) is 23.5. The molecule has 7 heteroatoms. The van der Waals surface area contributed by atoms with Crippen LogP contribution in [0.5, 0.6) is 0 Å². The molecule has 3 atom stereocenters. The van der Waals surface area contributed by atoms with Gasteiger partial charge in [0.1, 0.15) is 0 Å². The number of nitrogens with one attached hydrogen (secondary N) is 2. The number of piperidine rings is 1. The molecular formula is C32H43N3O4. The molecule has 1 fully saturated rings. The van der Waals surface area contributed by atoms with Gasteiger partial charge in [0, 0.05) is 17.3 Å². The Hall–Kier alpha value is -3.03. The SMILES string of the molecule is CCOC(=O)C[C@@H]1c2ccccc2C2(CCNCC2)[C@@H]1C(=O)[C@@H](CCCc1ccccc1)NC(=O)C(C)(C)N. The van der Waals surface area contributed by atoms with Crippen LogP contribution in [0.1, 0.15) is 75.5 Å². The first kappa shape index (κ1) is 29.0. The Morgan fingerprint density at radius 3 is 2.41 bits per heavy atom. The molecule has 1 saturated heterocycles. The smallest absolute Gasteiger partial charge is 0.306 e. The van der Waals surface area contributed by atoms with Crippen molar-refractivity contribution in [2.75, 3.05) is 19.7 Å². The van der Waals surface area contributed by atoms with E-state index in [1.54, 1.807) is 20.8 Å². The molecule has 39 heavy (non-hydrogen) atoms. The van der Waals surface area contributed by atoms with E-state index >= 15 is 0 Å². The molecule has 1 heterocycles. The number of carbonyl (C=O) groups is 3. The number of hydrogen-bond donors (Lipinski definition) is 3. The highest BCUT2D eigenvalue weighted by Crippen LogP contribution is 2.57. The van der Waals surface area contributed by atoms with Crippen molar-refractivity contribution in [3.05, 3.63) is 71.3 Å². The number of amides is 1. The lowest BCUT2D eigenvalue weighted by atomic mass is 9.64. The Morgan fingerprint density at radius 1 is 1.08 bits per heavy atom. The Morgan fingerprint density at radius 2 is 1.74 bits per heavy atom. The summed E-state index contributed by atoms with van der Waals surface area (Å²) in [5, 5.41) is 6.47. The van der Waals surface area contributed by atoms with Crippen LogP contribution < -0.4 is 16.4 Å². The van der Waals surface area contributed by atoms with Crippen LogP contribution in [-0.2, 0) is 31.0 Å². The van der Waals surface area contributed by atoms with Gasteiger partial charge in [0.2, 0.25) is 5.91 Å². The van der Waals surface area contributed by atoms with Gasteiger partial charge >= 0.3 is 5.97 Å². The Labute approximate surface area is 232 Å². The lowest BCUT2D eigenvalue weighted by Crippen LogP contribution is -2.57. The third-order valence-electron chi connectivity index (χ3n) is 8.42. The molecule has 0 unspecified atom stereocenters. The number of rotatable bonds is 11. The van der Waals surface area contributed by atoms with Gasteiger partial charge in [0.25, 0.3) is 0 Å². The lowest BCUT2D eigenvalue weighted by molar-refractivity contribution is -0.144. The van der Waals surface area contributed by atoms with Gasteiger partial charge < -0.3 is 21.1 Å². The summed E-state index contributed by atoms with van der Waals surface area (Å²) in [6.45, 7) is 6.99. The van der Waals surface area contributed by atoms with Crippen LogP contribution in [0.3, 0.4) is 0 Å². The topological polar surface area (TPSA) is 111 Å². The van der Waals surface area contributed by atoms with Gasteiger partial charge in [-0.15, -0.1) is 0 Å². The first-order chi connectivity index (χ1) is 18.7. The monoisotopic (exact) mass is 533 g/mol. The van der Waals surface area contributed by atoms with E-state index in [4.69, 9.17) is 10.5 Å². The largest absolute Gasteiger partial charge is 0.466 e. The predicted molar refractivity (Wildman–Crippen MR) is 152 cm³/mol. The van der Waals surface area contributed by atoms with Gasteiger partial charge in [-0.25, -0.2) is 0 Å². The molecule has 4 N–H and O–H groups in total. The summed E-state index contributed by atoms with van der Waals surface area (Å²) in [5.74, 6) is -1.39. The molecule has 1 aliphatic heterocycles. The third kappa shape index (κ3) is 6.42. The van der Waals surface area contributed by atoms with Gasteiger partial charge in [-0.2, -0.15) is 0 Å². The zero-order valence-electron chi connectivity index (χ0n) is 23.5. The van der Waals surface area contributed by atoms with Crippen LogP contribution >= 0.6 is 0 Å². The van der Waals surface area contributed by atoms with E-state index in [9.17, 15) is 14.4 Å². The number of Topliss-reactive ketones (excluding diaryl/α,β-unsaturated/α-hetero) is 1. The average molecular weight is 534 g/mol. The minimum Gasteiger partial charge on any atom is -0.466 e. The summed E-state index contributed by atoms with van der Waals surface area (Å²) in [6, 6.07) is 17.6. The fraction of sp³-hybridized carbons (Fsp3) is 0.531. The van der Waals surface area contributed by atoms with Crippen molar-refractivity contribution < 1.29 is 19.1 Å². The number of benzene rings is 2. The molecule has 1 aliphatic carbocycles. The second kappa shape index (κ2) is 12.4.